The topological polar surface area (TPSA) is 87.2 Å². The number of H-pyrrole nitrogens is 1. The zero-order valence-corrected chi connectivity index (χ0v) is 20.2. The molecule has 6 nitrogen and oxygen atoms in total. The first kappa shape index (κ1) is 26.5. The summed E-state index contributed by atoms with van der Waals surface area (Å²) in [5.74, 6) is -4.75. The number of rotatable bonds is 10. The quantitative estimate of drug-likeness (QED) is 0.200. The van der Waals surface area contributed by atoms with Crippen LogP contribution in [0.1, 0.15) is 28.8 Å². The van der Waals surface area contributed by atoms with E-state index in [4.69, 9.17) is 9.84 Å². The van der Waals surface area contributed by atoms with E-state index >= 15 is 0 Å². The highest BCUT2D eigenvalue weighted by Crippen LogP contribution is 2.36. The van der Waals surface area contributed by atoms with E-state index in [1.54, 1.807) is 12.1 Å². The minimum Gasteiger partial charge on any atom is -0.481 e. The SMILES string of the molecule is C=Cc1c(NC)cc(F)c(Oc2ccc(F)c(-c3ncc(Cc4cccc(CCC(=O)O)c4F)[nH]3)c2)c1F. The molecule has 3 aromatic carbocycles. The third-order valence-electron chi connectivity index (χ3n) is 5.88. The number of anilines is 1. The Balaban J connectivity index is 1.59. The number of aliphatic carboxylic acids is 1. The number of hydrogen-bond acceptors (Lipinski definition) is 4. The lowest BCUT2D eigenvalue weighted by molar-refractivity contribution is -0.136. The number of halogens is 4. The van der Waals surface area contributed by atoms with Crippen LogP contribution in [0.2, 0.25) is 0 Å². The fourth-order valence-corrected chi connectivity index (χ4v) is 3.98. The maximum Gasteiger partial charge on any atom is 0.303 e. The number of aryl methyl sites for hydroxylation is 1. The fraction of sp³-hybridized carbons (Fsp3) is 0.143. The second-order valence-corrected chi connectivity index (χ2v) is 8.38. The molecule has 0 fully saturated rings. The zero-order chi connectivity index (χ0) is 27.4. The normalized spacial score (nSPS) is 10.9. The lowest BCUT2D eigenvalue weighted by atomic mass is 10.0. The number of carboxylic acids is 1. The van der Waals surface area contributed by atoms with E-state index in [0.29, 0.717) is 11.3 Å². The molecule has 0 saturated carbocycles. The highest BCUT2D eigenvalue weighted by molar-refractivity contribution is 5.69. The van der Waals surface area contributed by atoms with Gasteiger partial charge < -0.3 is 20.1 Å². The van der Waals surface area contributed by atoms with E-state index in [0.717, 1.165) is 12.1 Å². The molecule has 0 spiro atoms. The molecule has 38 heavy (non-hydrogen) atoms. The molecular weight excluding hydrogens is 502 g/mol. The summed E-state index contributed by atoms with van der Waals surface area (Å²) in [6, 6.07) is 9.32. The van der Waals surface area contributed by atoms with E-state index < -0.39 is 35.0 Å². The molecule has 3 N–H and O–H groups in total. The monoisotopic (exact) mass is 525 g/mol. The van der Waals surface area contributed by atoms with Crippen molar-refractivity contribution in [2.45, 2.75) is 19.3 Å². The molecule has 0 aliphatic heterocycles. The number of nitrogens with zero attached hydrogens (tertiary/aromatic N) is 1. The Hall–Kier alpha value is -4.60. The summed E-state index contributed by atoms with van der Waals surface area (Å²) < 4.78 is 64.4. The Morgan fingerprint density at radius 1 is 1.11 bits per heavy atom. The molecule has 0 amide bonds. The Labute approximate surface area is 215 Å². The van der Waals surface area contributed by atoms with Gasteiger partial charge in [0.05, 0.1) is 5.56 Å². The minimum atomic E-state index is -1.03. The molecule has 1 heterocycles. The number of benzene rings is 3. The van der Waals surface area contributed by atoms with Crippen LogP contribution in [0.5, 0.6) is 11.5 Å². The van der Waals surface area contributed by atoms with Crippen molar-refractivity contribution in [3.05, 3.63) is 101 Å². The van der Waals surface area contributed by atoms with E-state index in [-0.39, 0.29) is 53.2 Å². The molecule has 0 saturated heterocycles. The van der Waals surface area contributed by atoms with Gasteiger partial charge in [-0.1, -0.05) is 30.9 Å². The average Bonchev–Trinajstić information content (AvgIpc) is 3.35. The standard InChI is InChI=1S/C28H23F4N3O3/c1-3-19-23(33-2)13-22(30)27(26(19)32)38-18-8-9-21(29)20(12-18)28-34-14-17(35-28)11-16-6-4-5-15(25(16)31)7-10-24(36)37/h3-6,8-9,12-14,33H,1,7,10-11H2,2H3,(H,34,35)(H,36,37). The Morgan fingerprint density at radius 3 is 2.58 bits per heavy atom. The highest BCUT2D eigenvalue weighted by Gasteiger charge is 2.20. The number of aromatic nitrogens is 2. The van der Waals surface area contributed by atoms with Crippen LogP contribution in [0.4, 0.5) is 23.2 Å². The van der Waals surface area contributed by atoms with Crippen LogP contribution in [0.15, 0.2) is 55.2 Å². The summed E-state index contributed by atoms with van der Waals surface area (Å²) in [4.78, 5) is 17.9. The van der Waals surface area contributed by atoms with Gasteiger partial charge in [-0.15, -0.1) is 0 Å². The molecule has 4 aromatic rings. The summed E-state index contributed by atoms with van der Waals surface area (Å²) in [6.45, 7) is 3.54. The first-order valence-electron chi connectivity index (χ1n) is 11.5. The van der Waals surface area contributed by atoms with Crippen molar-refractivity contribution < 1.29 is 32.2 Å². The van der Waals surface area contributed by atoms with E-state index in [2.05, 4.69) is 21.9 Å². The number of ether oxygens (including phenoxy) is 1. The molecular formula is C28H23F4N3O3. The third kappa shape index (κ3) is 5.54. The molecule has 0 unspecified atom stereocenters. The van der Waals surface area contributed by atoms with Crippen LogP contribution in [0.25, 0.3) is 17.5 Å². The third-order valence-corrected chi connectivity index (χ3v) is 5.88. The van der Waals surface area contributed by atoms with Crippen molar-refractivity contribution in [3.63, 3.8) is 0 Å². The molecule has 1 aromatic heterocycles. The average molecular weight is 526 g/mol. The van der Waals surface area contributed by atoms with Gasteiger partial charge in [0.15, 0.2) is 17.4 Å². The molecule has 0 radical (unpaired) electrons. The van der Waals surface area contributed by atoms with Gasteiger partial charge in [-0.25, -0.2) is 22.5 Å². The van der Waals surface area contributed by atoms with Crippen LogP contribution in [0.3, 0.4) is 0 Å². The van der Waals surface area contributed by atoms with Crippen LogP contribution in [-0.2, 0) is 17.6 Å². The van der Waals surface area contributed by atoms with Gasteiger partial charge in [0.2, 0.25) is 0 Å². The lowest BCUT2D eigenvalue weighted by Crippen LogP contribution is -2.02. The van der Waals surface area contributed by atoms with Gasteiger partial charge in [-0.05, 0) is 35.7 Å². The largest absolute Gasteiger partial charge is 0.481 e. The smallest absolute Gasteiger partial charge is 0.303 e. The summed E-state index contributed by atoms with van der Waals surface area (Å²) >= 11 is 0. The first-order valence-corrected chi connectivity index (χ1v) is 11.5. The summed E-state index contributed by atoms with van der Waals surface area (Å²) in [5, 5.41) is 11.5. The number of carboxylic acid groups (broad SMARTS) is 1. The highest BCUT2D eigenvalue weighted by atomic mass is 19.1. The number of nitrogens with one attached hydrogen (secondary N) is 2. The lowest BCUT2D eigenvalue weighted by Gasteiger charge is -2.14. The van der Waals surface area contributed by atoms with Crippen LogP contribution in [0, 0.1) is 23.3 Å². The van der Waals surface area contributed by atoms with E-state index in [9.17, 15) is 22.4 Å². The summed E-state index contributed by atoms with van der Waals surface area (Å²) in [5.41, 5.74) is 1.24. The van der Waals surface area contributed by atoms with Gasteiger partial charge >= 0.3 is 5.97 Å². The summed E-state index contributed by atoms with van der Waals surface area (Å²) in [7, 11) is 1.51. The van der Waals surface area contributed by atoms with Crippen molar-refractivity contribution in [2.75, 3.05) is 12.4 Å². The second-order valence-electron chi connectivity index (χ2n) is 8.38. The Morgan fingerprint density at radius 2 is 1.87 bits per heavy atom. The zero-order valence-electron chi connectivity index (χ0n) is 20.2. The predicted octanol–water partition coefficient (Wildman–Crippen LogP) is 6.72. The molecule has 196 valence electrons. The fourth-order valence-electron chi connectivity index (χ4n) is 3.98. The van der Waals surface area contributed by atoms with Crippen LogP contribution in [-0.4, -0.2) is 28.1 Å². The molecule has 0 atom stereocenters. The van der Waals surface area contributed by atoms with Crippen molar-refractivity contribution in [3.8, 4) is 22.9 Å². The number of carbonyl (C=O) groups is 1. The summed E-state index contributed by atoms with van der Waals surface area (Å²) in [6.07, 6.45) is 2.58. The van der Waals surface area contributed by atoms with Crippen molar-refractivity contribution in [1.82, 2.24) is 9.97 Å². The number of hydrogen-bond donors (Lipinski definition) is 3. The number of aromatic amines is 1. The van der Waals surface area contributed by atoms with Gasteiger partial charge in [-0.3, -0.25) is 4.79 Å². The van der Waals surface area contributed by atoms with Crippen molar-refractivity contribution >= 4 is 17.7 Å². The molecule has 10 heteroatoms. The van der Waals surface area contributed by atoms with Gasteiger partial charge in [0, 0.05) is 49.1 Å². The van der Waals surface area contributed by atoms with E-state index in [1.807, 2.05) is 0 Å². The maximum atomic E-state index is 14.9. The van der Waals surface area contributed by atoms with Gasteiger partial charge in [0.25, 0.3) is 0 Å². The minimum absolute atomic E-state index is 0.0150. The molecule has 0 aliphatic rings. The van der Waals surface area contributed by atoms with Crippen molar-refractivity contribution in [2.24, 2.45) is 0 Å². The molecule has 0 bridgehead atoms. The second kappa shape index (κ2) is 11.2. The van der Waals surface area contributed by atoms with Crippen molar-refractivity contribution in [1.29, 1.82) is 0 Å². The maximum absolute atomic E-state index is 14.9. The Bertz CT molecular complexity index is 1520. The Kier molecular flexibility index (Phi) is 7.80. The first-order chi connectivity index (χ1) is 18.2. The predicted molar refractivity (Wildman–Crippen MR) is 135 cm³/mol. The van der Waals surface area contributed by atoms with Gasteiger partial charge in [0.1, 0.15) is 23.2 Å². The van der Waals surface area contributed by atoms with E-state index in [1.165, 1.54) is 37.5 Å². The molecule has 0 aliphatic carbocycles. The van der Waals surface area contributed by atoms with Gasteiger partial charge in [-0.2, -0.15) is 0 Å². The van der Waals surface area contributed by atoms with Crippen LogP contribution >= 0.6 is 0 Å². The number of imidazole rings is 1. The van der Waals surface area contributed by atoms with Crippen LogP contribution < -0.4 is 10.1 Å². The molecule has 4 rings (SSSR count).